The molecule has 22 heavy (non-hydrogen) atoms. The summed E-state index contributed by atoms with van der Waals surface area (Å²) in [5, 5.41) is 5.96. The van der Waals surface area contributed by atoms with Crippen LogP contribution < -0.4 is 10.6 Å². The molecule has 0 aliphatic carbocycles. The smallest absolute Gasteiger partial charge is 0.314 e. The summed E-state index contributed by atoms with van der Waals surface area (Å²) >= 11 is 0. The van der Waals surface area contributed by atoms with E-state index in [0.29, 0.717) is 0 Å². The Morgan fingerprint density at radius 1 is 0.909 bits per heavy atom. The van der Waals surface area contributed by atoms with Gasteiger partial charge in [0.05, 0.1) is 0 Å². The van der Waals surface area contributed by atoms with Crippen LogP contribution in [-0.2, 0) is 0 Å². The van der Waals surface area contributed by atoms with E-state index in [4.69, 9.17) is 0 Å². The van der Waals surface area contributed by atoms with Crippen LogP contribution in [0.4, 0.5) is 4.79 Å². The molecule has 2 heterocycles. The van der Waals surface area contributed by atoms with E-state index < -0.39 is 0 Å². The summed E-state index contributed by atoms with van der Waals surface area (Å²) < 4.78 is 0. The lowest BCUT2D eigenvalue weighted by Gasteiger charge is -2.31. The van der Waals surface area contributed by atoms with E-state index in [9.17, 15) is 4.79 Å². The van der Waals surface area contributed by atoms with E-state index in [0.717, 1.165) is 38.0 Å². The van der Waals surface area contributed by atoms with Crippen LogP contribution in [0.15, 0.2) is 0 Å². The Morgan fingerprint density at radius 2 is 1.55 bits per heavy atom. The number of hydrogen-bond acceptors (Lipinski definition) is 3. The van der Waals surface area contributed by atoms with Crippen LogP contribution in [0.3, 0.4) is 0 Å². The predicted molar refractivity (Wildman–Crippen MR) is 91.1 cm³/mol. The summed E-state index contributed by atoms with van der Waals surface area (Å²) in [5.74, 6) is 1.67. The van der Waals surface area contributed by atoms with E-state index in [1.165, 1.54) is 51.9 Å². The average molecular weight is 310 g/mol. The SMILES string of the molecule is CC1CCN(CCNC(=O)NCCN2CCCC(C)C2)CC1. The van der Waals surface area contributed by atoms with E-state index in [-0.39, 0.29) is 6.03 Å². The summed E-state index contributed by atoms with van der Waals surface area (Å²) in [5.41, 5.74) is 0. The van der Waals surface area contributed by atoms with E-state index in [1.807, 2.05) is 0 Å². The van der Waals surface area contributed by atoms with Crippen LogP contribution >= 0.6 is 0 Å². The Labute approximate surface area is 135 Å². The molecule has 1 unspecified atom stereocenters. The fourth-order valence-electron chi connectivity index (χ4n) is 3.49. The molecule has 0 aromatic heterocycles. The van der Waals surface area contributed by atoms with Crippen molar-refractivity contribution in [3.05, 3.63) is 0 Å². The van der Waals surface area contributed by atoms with Crippen molar-refractivity contribution in [1.82, 2.24) is 20.4 Å². The van der Waals surface area contributed by atoms with Crippen molar-refractivity contribution < 1.29 is 4.79 Å². The van der Waals surface area contributed by atoms with Gasteiger partial charge in [0.2, 0.25) is 0 Å². The highest BCUT2D eigenvalue weighted by molar-refractivity contribution is 5.73. The number of carbonyl (C=O) groups excluding carboxylic acids is 1. The normalized spacial score (nSPS) is 25.1. The van der Waals surface area contributed by atoms with Crippen LogP contribution in [0, 0.1) is 11.8 Å². The second kappa shape index (κ2) is 9.36. The summed E-state index contributed by atoms with van der Waals surface area (Å²) in [6.07, 6.45) is 5.22. The summed E-state index contributed by atoms with van der Waals surface area (Å²) in [4.78, 5) is 16.7. The maximum atomic E-state index is 11.8. The van der Waals surface area contributed by atoms with Gasteiger partial charge in [-0.25, -0.2) is 4.79 Å². The molecule has 1 atom stereocenters. The van der Waals surface area contributed by atoms with Crippen LogP contribution in [0.5, 0.6) is 0 Å². The molecular formula is C17H34N4O. The summed E-state index contributed by atoms with van der Waals surface area (Å²) in [7, 11) is 0. The monoisotopic (exact) mass is 310 g/mol. The molecule has 5 heteroatoms. The van der Waals surface area contributed by atoms with Crippen molar-refractivity contribution in [2.75, 3.05) is 52.4 Å². The van der Waals surface area contributed by atoms with E-state index in [1.54, 1.807) is 0 Å². The minimum absolute atomic E-state index is 0.0181. The molecule has 0 saturated carbocycles. The second-order valence-electron chi connectivity index (χ2n) is 7.25. The lowest BCUT2D eigenvalue weighted by atomic mass is 9.99. The largest absolute Gasteiger partial charge is 0.337 e. The van der Waals surface area contributed by atoms with Gasteiger partial charge in [-0.05, 0) is 57.2 Å². The van der Waals surface area contributed by atoms with Crippen LogP contribution in [0.1, 0.15) is 39.5 Å². The number of nitrogens with zero attached hydrogens (tertiary/aromatic N) is 2. The average Bonchev–Trinajstić information content (AvgIpc) is 2.49. The number of likely N-dealkylation sites (tertiary alicyclic amines) is 2. The third-order valence-electron chi connectivity index (χ3n) is 5.04. The number of urea groups is 1. The lowest BCUT2D eigenvalue weighted by Crippen LogP contribution is -2.45. The third kappa shape index (κ3) is 6.53. The maximum Gasteiger partial charge on any atom is 0.314 e. The fraction of sp³-hybridized carbons (Fsp3) is 0.941. The van der Waals surface area contributed by atoms with Crippen molar-refractivity contribution in [2.45, 2.75) is 39.5 Å². The topological polar surface area (TPSA) is 47.6 Å². The minimum Gasteiger partial charge on any atom is -0.337 e. The molecule has 128 valence electrons. The van der Waals surface area contributed by atoms with Gasteiger partial charge < -0.3 is 20.4 Å². The molecule has 2 N–H and O–H groups in total. The molecule has 2 fully saturated rings. The van der Waals surface area contributed by atoms with Gasteiger partial charge in [-0.2, -0.15) is 0 Å². The van der Waals surface area contributed by atoms with Gasteiger partial charge in [-0.1, -0.05) is 13.8 Å². The molecule has 2 saturated heterocycles. The van der Waals surface area contributed by atoms with Gasteiger partial charge in [-0.15, -0.1) is 0 Å². The van der Waals surface area contributed by atoms with Crippen LogP contribution in [0.25, 0.3) is 0 Å². The number of nitrogens with one attached hydrogen (secondary N) is 2. The Morgan fingerprint density at radius 3 is 2.18 bits per heavy atom. The highest BCUT2D eigenvalue weighted by Gasteiger charge is 2.16. The molecular weight excluding hydrogens is 276 g/mol. The Hall–Kier alpha value is -0.810. The molecule has 5 nitrogen and oxygen atoms in total. The highest BCUT2D eigenvalue weighted by Crippen LogP contribution is 2.15. The van der Waals surface area contributed by atoms with E-state index in [2.05, 4.69) is 34.3 Å². The standard InChI is InChI=1S/C17H34N4O/c1-15-5-10-20(11-6-15)12-7-18-17(22)19-8-13-21-9-3-4-16(2)14-21/h15-16H,3-14H2,1-2H3,(H2,18,19,22). The predicted octanol–water partition coefficient (Wildman–Crippen LogP) is 1.75. The first-order valence-corrected chi connectivity index (χ1v) is 9.10. The Kier molecular flexibility index (Phi) is 7.46. The van der Waals surface area contributed by atoms with Crippen LogP contribution in [0.2, 0.25) is 0 Å². The summed E-state index contributed by atoms with van der Waals surface area (Å²) in [6.45, 7) is 12.8. The van der Waals surface area contributed by atoms with Crippen molar-refractivity contribution in [3.63, 3.8) is 0 Å². The Balaban J connectivity index is 1.47. The first-order valence-electron chi connectivity index (χ1n) is 9.10. The van der Waals surface area contributed by atoms with Gasteiger partial charge in [0.1, 0.15) is 0 Å². The first-order chi connectivity index (χ1) is 10.6. The molecule has 2 aliphatic rings. The first kappa shape index (κ1) is 17.5. The van der Waals surface area contributed by atoms with Crippen molar-refractivity contribution in [1.29, 1.82) is 0 Å². The van der Waals surface area contributed by atoms with Gasteiger partial charge in [-0.3, -0.25) is 0 Å². The van der Waals surface area contributed by atoms with Crippen LogP contribution in [-0.4, -0.2) is 68.2 Å². The third-order valence-corrected chi connectivity index (χ3v) is 5.04. The molecule has 0 bridgehead atoms. The molecule has 0 aromatic rings. The quantitative estimate of drug-likeness (QED) is 0.786. The number of hydrogen-bond donors (Lipinski definition) is 2. The molecule has 0 spiro atoms. The van der Waals surface area contributed by atoms with E-state index >= 15 is 0 Å². The highest BCUT2D eigenvalue weighted by atomic mass is 16.2. The van der Waals surface area contributed by atoms with Gasteiger partial charge in [0.15, 0.2) is 0 Å². The number of amides is 2. The van der Waals surface area contributed by atoms with Gasteiger partial charge in [0.25, 0.3) is 0 Å². The zero-order valence-corrected chi connectivity index (χ0v) is 14.4. The fourth-order valence-corrected chi connectivity index (χ4v) is 3.49. The second-order valence-corrected chi connectivity index (χ2v) is 7.25. The van der Waals surface area contributed by atoms with Crippen molar-refractivity contribution in [3.8, 4) is 0 Å². The van der Waals surface area contributed by atoms with Crippen molar-refractivity contribution >= 4 is 6.03 Å². The molecule has 2 amide bonds. The zero-order chi connectivity index (χ0) is 15.8. The van der Waals surface area contributed by atoms with Gasteiger partial charge in [0, 0.05) is 32.7 Å². The van der Waals surface area contributed by atoms with Gasteiger partial charge >= 0.3 is 6.03 Å². The number of piperidine rings is 2. The summed E-state index contributed by atoms with van der Waals surface area (Å²) in [6, 6.07) is -0.0181. The molecule has 0 radical (unpaired) electrons. The maximum absolute atomic E-state index is 11.8. The molecule has 0 aromatic carbocycles. The minimum atomic E-state index is -0.0181. The number of rotatable bonds is 6. The number of carbonyl (C=O) groups is 1. The van der Waals surface area contributed by atoms with Crippen molar-refractivity contribution in [2.24, 2.45) is 11.8 Å². The zero-order valence-electron chi connectivity index (χ0n) is 14.4. The lowest BCUT2D eigenvalue weighted by molar-refractivity contribution is 0.182. The molecule has 2 aliphatic heterocycles. The molecule has 2 rings (SSSR count). The Bertz CT molecular complexity index is 329.